The molecule has 2 heterocycles. The van der Waals surface area contributed by atoms with Gasteiger partial charge in [-0.05, 0) is 34.5 Å². The predicted octanol–water partition coefficient (Wildman–Crippen LogP) is 2.89. The van der Waals surface area contributed by atoms with E-state index < -0.39 is 12.1 Å². The third-order valence-corrected chi connectivity index (χ3v) is 6.49. The number of rotatable bonds is 3. The SMILES string of the molecule is O=C1N[C@@H](Cc2ccc(Cl)cc2)C(=O)N2CCN(C(=O)c3cccc4ccccc34)C[C@H]12. The maximum absolute atomic E-state index is 13.3. The van der Waals surface area contributed by atoms with E-state index in [0.29, 0.717) is 30.1 Å². The highest BCUT2D eigenvalue weighted by Crippen LogP contribution is 2.24. The Labute approximate surface area is 190 Å². The lowest BCUT2D eigenvalue weighted by Crippen LogP contribution is -2.70. The van der Waals surface area contributed by atoms with Crippen LogP contribution in [0.5, 0.6) is 0 Å². The zero-order valence-corrected chi connectivity index (χ0v) is 18.1. The summed E-state index contributed by atoms with van der Waals surface area (Å²) in [6.07, 6.45) is 0.406. The number of carbonyl (C=O) groups is 3. The quantitative estimate of drug-likeness (QED) is 0.671. The Kier molecular flexibility index (Phi) is 5.31. The van der Waals surface area contributed by atoms with Crippen molar-refractivity contribution in [3.8, 4) is 0 Å². The number of hydrogen-bond acceptors (Lipinski definition) is 3. The van der Waals surface area contributed by atoms with Crippen LogP contribution in [0.1, 0.15) is 15.9 Å². The Balaban J connectivity index is 1.32. The van der Waals surface area contributed by atoms with Gasteiger partial charge in [-0.3, -0.25) is 14.4 Å². The summed E-state index contributed by atoms with van der Waals surface area (Å²) < 4.78 is 0. The minimum atomic E-state index is -0.670. The van der Waals surface area contributed by atoms with Crippen LogP contribution in [-0.4, -0.2) is 59.2 Å². The van der Waals surface area contributed by atoms with Gasteiger partial charge in [0.2, 0.25) is 11.8 Å². The lowest BCUT2D eigenvalue weighted by molar-refractivity contribution is -0.152. The third kappa shape index (κ3) is 3.71. The van der Waals surface area contributed by atoms with Crippen molar-refractivity contribution in [1.29, 1.82) is 0 Å². The monoisotopic (exact) mass is 447 g/mol. The first-order valence-corrected chi connectivity index (χ1v) is 11.0. The van der Waals surface area contributed by atoms with Gasteiger partial charge >= 0.3 is 0 Å². The number of carbonyl (C=O) groups excluding carboxylic acids is 3. The second kappa shape index (κ2) is 8.28. The maximum atomic E-state index is 13.3. The average Bonchev–Trinajstić information content (AvgIpc) is 2.82. The number of nitrogens with one attached hydrogen (secondary N) is 1. The fourth-order valence-electron chi connectivity index (χ4n) is 4.56. The van der Waals surface area contributed by atoms with E-state index in [1.54, 1.807) is 21.9 Å². The molecule has 0 radical (unpaired) electrons. The third-order valence-electron chi connectivity index (χ3n) is 6.24. The Morgan fingerprint density at radius 2 is 1.72 bits per heavy atom. The van der Waals surface area contributed by atoms with Crippen LogP contribution in [0, 0.1) is 0 Å². The lowest BCUT2D eigenvalue weighted by Gasteiger charge is -2.45. The van der Waals surface area contributed by atoms with Crippen molar-refractivity contribution in [2.24, 2.45) is 0 Å². The van der Waals surface area contributed by atoms with Gasteiger partial charge in [0, 0.05) is 30.1 Å². The first-order valence-electron chi connectivity index (χ1n) is 10.6. The fourth-order valence-corrected chi connectivity index (χ4v) is 4.69. The van der Waals surface area contributed by atoms with Crippen molar-refractivity contribution in [3.05, 3.63) is 82.9 Å². The van der Waals surface area contributed by atoms with E-state index in [9.17, 15) is 14.4 Å². The zero-order valence-electron chi connectivity index (χ0n) is 17.3. The van der Waals surface area contributed by atoms with Gasteiger partial charge in [0.25, 0.3) is 5.91 Å². The molecule has 2 aliphatic heterocycles. The Bertz CT molecular complexity index is 1210. The number of benzene rings is 3. The molecule has 3 aromatic carbocycles. The molecule has 2 atom stereocenters. The molecular weight excluding hydrogens is 426 g/mol. The summed E-state index contributed by atoms with van der Waals surface area (Å²) in [5.41, 5.74) is 1.54. The van der Waals surface area contributed by atoms with Crippen LogP contribution in [0.3, 0.4) is 0 Å². The molecule has 0 aromatic heterocycles. The van der Waals surface area contributed by atoms with Gasteiger partial charge in [-0.1, -0.05) is 60.1 Å². The highest BCUT2D eigenvalue weighted by atomic mass is 35.5. The summed E-state index contributed by atoms with van der Waals surface area (Å²) in [6.45, 7) is 0.920. The van der Waals surface area contributed by atoms with Crippen LogP contribution in [-0.2, 0) is 16.0 Å². The van der Waals surface area contributed by atoms with Crippen molar-refractivity contribution in [2.75, 3.05) is 19.6 Å². The van der Waals surface area contributed by atoms with Crippen LogP contribution < -0.4 is 5.32 Å². The molecule has 162 valence electrons. The molecule has 7 heteroatoms. The number of fused-ring (bicyclic) bond motifs is 2. The van der Waals surface area contributed by atoms with Gasteiger partial charge in [0.05, 0.1) is 6.54 Å². The van der Waals surface area contributed by atoms with E-state index in [1.807, 2.05) is 54.6 Å². The van der Waals surface area contributed by atoms with Gasteiger partial charge in [-0.25, -0.2) is 0 Å². The number of nitrogens with zero attached hydrogens (tertiary/aromatic N) is 2. The maximum Gasteiger partial charge on any atom is 0.254 e. The van der Waals surface area contributed by atoms with Gasteiger partial charge in [0.1, 0.15) is 12.1 Å². The first kappa shape index (κ1) is 20.5. The number of amides is 3. The summed E-state index contributed by atoms with van der Waals surface area (Å²) in [6, 6.07) is 19.4. The minimum absolute atomic E-state index is 0.109. The number of hydrogen-bond donors (Lipinski definition) is 1. The Morgan fingerprint density at radius 3 is 2.53 bits per heavy atom. The van der Waals surface area contributed by atoms with Gasteiger partial charge in [-0.15, -0.1) is 0 Å². The summed E-state index contributed by atoms with van der Waals surface area (Å²) in [7, 11) is 0. The van der Waals surface area contributed by atoms with E-state index in [-0.39, 0.29) is 24.3 Å². The summed E-state index contributed by atoms with van der Waals surface area (Å²) in [5, 5.41) is 5.36. The van der Waals surface area contributed by atoms with Crippen LogP contribution in [0.4, 0.5) is 0 Å². The molecule has 2 saturated heterocycles. The molecule has 6 nitrogen and oxygen atoms in total. The standard InChI is InChI=1S/C25H22ClN3O3/c26-18-10-8-16(9-11-18)14-21-25(32)29-13-12-28(15-22(29)23(30)27-21)24(31)20-7-3-5-17-4-1-2-6-19(17)20/h1-11,21-22H,12-15H2,(H,27,30)/t21-,22+/m0/s1. The van der Waals surface area contributed by atoms with Crippen molar-refractivity contribution in [2.45, 2.75) is 18.5 Å². The smallest absolute Gasteiger partial charge is 0.254 e. The topological polar surface area (TPSA) is 69.7 Å². The highest BCUT2D eigenvalue weighted by Gasteiger charge is 2.44. The molecule has 0 saturated carbocycles. The summed E-state index contributed by atoms with van der Waals surface area (Å²) >= 11 is 5.94. The van der Waals surface area contributed by atoms with Crippen molar-refractivity contribution in [3.63, 3.8) is 0 Å². The Morgan fingerprint density at radius 1 is 0.969 bits per heavy atom. The van der Waals surface area contributed by atoms with Crippen LogP contribution in [0.2, 0.25) is 5.02 Å². The van der Waals surface area contributed by atoms with Crippen LogP contribution in [0.15, 0.2) is 66.7 Å². The highest BCUT2D eigenvalue weighted by molar-refractivity contribution is 6.30. The molecule has 1 N–H and O–H groups in total. The molecule has 3 aromatic rings. The van der Waals surface area contributed by atoms with Crippen molar-refractivity contribution >= 4 is 40.1 Å². The van der Waals surface area contributed by atoms with E-state index in [0.717, 1.165) is 16.3 Å². The molecule has 5 rings (SSSR count). The molecule has 0 bridgehead atoms. The predicted molar refractivity (Wildman–Crippen MR) is 122 cm³/mol. The molecular formula is C25H22ClN3O3. The zero-order chi connectivity index (χ0) is 22.2. The van der Waals surface area contributed by atoms with Crippen LogP contribution >= 0.6 is 11.6 Å². The van der Waals surface area contributed by atoms with E-state index in [2.05, 4.69) is 5.32 Å². The van der Waals surface area contributed by atoms with Gasteiger partial charge < -0.3 is 15.1 Å². The van der Waals surface area contributed by atoms with Crippen LogP contribution in [0.25, 0.3) is 10.8 Å². The van der Waals surface area contributed by atoms with E-state index >= 15 is 0 Å². The molecule has 32 heavy (non-hydrogen) atoms. The molecule has 0 spiro atoms. The Hall–Kier alpha value is -3.38. The summed E-state index contributed by atoms with van der Waals surface area (Å²) in [4.78, 5) is 42.5. The largest absolute Gasteiger partial charge is 0.342 e. The molecule has 2 fully saturated rings. The van der Waals surface area contributed by atoms with Crippen molar-refractivity contribution in [1.82, 2.24) is 15.1 Å². The van der Waals surface area contributed by atoms with Gasteiger partial charge in [-0.2, -0.15) is 0 Å². The molecule has 0 aliphatic carbocycles. The first-order chi connectivity index (χ1) is 15.5. The second-order valence-corrected chi connectivity index (χ2v) is 8.65. The average molecular weight is 448 g/mol. The van der Waals surface area contributed by atoms with Gasteiger partial charge in [0.15, 0.2) is 0 Å². The molecule has 3 amide bonds. The van der Waals surface area contributed by atoms with Crippen molar-refractivity contribution < 1.29 is 14.4 Å². The fraction of sp³-hybridized carbons (Fsp3) is 0.240. The summed E-state index contributed by atoms with van der Waals surface area (Å²) in [5.74, 6) is -0.453. The number of piperazine rings is 2. The lowest BCUT2D eigenvalue weighted by atomic mass is 9.98. The van der Waals surface area contributed by atoms with E-state index in [1.165, 1.54) is 0 Å². The minimum Gasteiger partial charge on any atom is -0.342 e. The number of halogens is 1. The molecule has 0 unspecified atom stereocenters. The second-order valence-electron chi connectivity index (χ2n) is 8.22. The van der Waals surface area contributed by atoms with E-state index in [4.69, 9.17) is 11.6 Å². The normalized spacial score (nSPS) is 20.8. The molecule has 2 aliphatic rings.